The number of rotatable bonds is 2. The van der Waals surface area contributed by atoms with Crippen LogP contribution in [-0.2, 0) is 12.8 Å². The van der Waals surface area contributed by atoms with E-state index in [1.54, 1.807) is 11.1 Å². The molecule has 1 atom stereocenters. The Hall–Kier alpha value is -0.820. The zero-order valence-corrected chi connectivity index (χ0v) is 8.92. The number of benzene rings is 1. The van der Waals surface area contributed by atoms with E-state index in [1.165, 1.54) is 31.2 Å². The molecule has 0 saturated carbocycles. The Bertz CT molecular complexity index is 317. The molecule has 0 aliphatic heterocycles. The highest BCUT2D eigenvalue weighted by molar-refractivity contribution is 5.36. The average Bonchev–Trinajstić information content (AvgIpc) is 2.20. The Balaban J connectivity index is 2.20. The third-order valence-electron chi connectivity index (χ3n) is 3.40. The quantitative estimate of drug-likeness (QED) is 0.760. The van der Waals surface area contributed by atoms with Crippen molar-refractivity contribution < 1.29 is 0 Å². The van der Waals surface area contributed by atoms with Gasteiger partial charge >= 0.3 is 0 Å². The first kappa shape index (κ1) is 9.72. The molecule has 0 saturated heterocycles. The van der Waals surface area contributed by atoms with Crippen LogP contribution >= 0.6 is 0 Å². The van der Waals surface area contributed by atoms with E-state index in [4.69, 9.17) is 5.73 Å². The predicted molar refractivity (Wildman–Crippen MR) is 60.4 cm³/mol. The average molecular weight is 189 g/mol. The van der Waals surface area contributed by atoms with Gasteiger partial charge in [-0.2, -0.15) is 0 Å². The van der Waals surface area contributed by atoms with Crippen LogP contribution in [0, 0.1) is 12.8 Å². The second kappa shape index (κ2) is 4.14. The van der Waals surface area contributed by atoms with Crippen LogP contribution < -0.4 is 5.73 Å². The topological polar surface area (TPSA) is 26.0 Å². The molecule has 0 amide bonds. The Morgan fingerprint density at radius 3 is 3.07 bits per heavy atom. The van der Waals surface area contributed by atoms with Crippen LogP contribution in [0.5, 0.6) is 0 Å². The highest BCUT2D eigenvalue weighted by Crippen LogP contribution is 2.29. The van der Waals surface area contributed by atoms with Crippen molar-refractivity contribution >= 4 is 0 Å². The lowest BCUT2D eigenvalue weighted by molar-refractivity contribution is 0.432. The highest BCUT2D eigenvalue weighted by atomic mass is 14.5. The SMILES string of the molecule is Cc1cccc2c1CC(CCN)CC2. The molecule has 2 rings (SSSR count). The van der Waals surface area contributed by atoms with E-state index in [0.717, 1.165) is 12.5 Å². The van der Waals surface area contributed by atoms with Crippen LogP contribution in [0.4, 0.5) is 0 Å². The van der Waals surface area contributed by atoms with Gasteiger partial charge in [0.15, 0.2) is 0 Å². The van der Waals surface area contributed by atoms with Crippen LogP contribution in [0.25, 0.3) is 0 Å². The molecular weight excluding hydrogens is 170 g/mol. The molecule has 76 valence electrons. The van der Waals surface area contributed by atoms with E-state index in [2.05, 4.69) is 25.1 Å². The summed E-state index contributed by atoms with van der Waals surface area (Å²) in [6.07, 6.45) is 5.02. The van der Waals surface area contributed by atoms with Gasteiger partial charge in [0, 0.05) is 0 Å². The second-order valence-electron chi connectivity index (χ2n) is 4.40. The van der Waals surface area contributed by atoms with Gasteiger partial charge in [0.05, 0.1) is 0 Å². The summed E-state index contributed by atoms with van der Waals surface area (Å²) in [6, 6.07) is 6.68. The molecule has 1 aromatic rings. The molecule has 0 aromatic heterocycles. The summed E-state index contributed by atoms with van der Waals surface area (Å²) >= 11 is 0. The molecule has 1 nitrogen and oxygen atoms in total. The van der Waals surface area contributed by atoms with Gasteiger partial charge < -0.3 is 5.73 Å². The Kier molecular flexibility index (Phi) is 2.87. The Morgan fingerprint density at radius 2 is 2.29 bits per heavy atom. The van der Waals surface area contributed by atoms with E-state index >= 15 is 0 Å². The van der Waals surface area contributed by atoms with Crippen molar-refractivity contribution in [1.29, 1.82) is 0 Å². The predicted octanol–water partition coefficient (Wildman–Crippen LogP) is 2.45. The van der Waals surface area contributed by atoms with Crippen molar-refractivity contribution in [3.63, 3.8) is 0 Å². The zero-order chi connectivity index (χ0) is 9.97. The summed E-state index contributed by atoms with van der Waals surface area (Å²) in [5.74, 6) is 0.827. The number of nitrogens with two attached hydrogens (primary N) is 1. The third kappa shape index (κ3) is 1.83. The minimum absolute atomic E-state index is 0.827. The van der Waals surface area contributed by atoms with Crippen molar-refractivity contribution in [2.75, 3.05) is 6.54 Å². The van der Waals surface area contributed by atoms with Gasteiger partial charge in [-0.25, -0.2) is 0 Å². The summed E-state index contributed by atoms with van der Waals surface area (Å²) in [6.45, 7) is 3.07. The Morgan fingerprint density at radius 1 is 1.43 bits per heavy atom. The van der Waals surface area contributed by atoms with Crippen molar-refractivity contribution in [3.05, 3.63) is 34.9 Å². The van der Waals surface area contributed by atoms with E-state index in [9.17, 15) is 0 Å². The van der Waals surface area contributed by atoms with Crippen molar-refractivity contribution in [1.82, 2.24) is 0 Å². The van der Waals surface area contributed by atoms with Gasteiger partial charge in [0.1, 0.15) is 0 Å². The van der Waals surface area contributed by atoms with Gasteiger partial charge in [-0.3, -0.25) is 0 Å². The number of fused-ring (bicyclic) bond motifs is 1. The maximum atomic E-state index is 5.62. The van der Waals surface area contributed by atoms with E-state index in [1.807, 2.05) is 0 Å². The van der Waals surface area contributed by atoms with Gasteiger partial charge in [0.2, 0.25) is 0 Å². The van der Waals surface area contributed by atoms with Crippen LogP contribution in [-0.4, -0.2) is 6.54 Å². The minimum atomic E-state index is 0.827. The van der Waals surface area contributed by atoms with Gasteiger partial charge in [-0.05, 0) is 61.8 Å². The second-order valence-corrected chi connectivity index (χ2v) is 4.40. The third-order valence-corrected chi connectivity index (χ3v) is 3.40. The van der Waals surface area contributed by atoms with E-state index in [-0.39, 0.29) is 0 Å². The fraction of sp³-hybridized carbons (Fsp3) is 0.538. The molecule has 0 fully saturated rings. The van der Waals surface area contributed by atoms with Crippen molar-refractivity contribution in [2.24, 2.45) is 11.7 Å². The molecule has 1 aliphatic rings. The molecule has 0 bridgehead atoms. The summed E-state index contributed by atoms with van der Waals surface area (Å²) in [5, 5.41) is 0. The molecule has 0 spiro atoms. The lowest BCUT2D eigenvalue weighted by Gasteiger charge is -2.25. The highest BCUT2D eigenvalue weighted by Gasteiger charge is 2.18. The molecule has 1 heteroatoms. The molecule has 1 aromatic carbocycles. The monoisotopic (exact) mass is 189 g/mol. The van der Waals surface area contributed by atoms with Crippen LogP contribution in [0.2, 0.25) is 0 Å². The first-order chi connectivity index (χ1) is 6.81. The van der Waals surface area contributed by atoms with E-state index < -0.39 is 0 Å². The maximum absolute atomic E-state index is 5.62. The summed E-state index contributed by atoms with van der Waals surface area (Å²) < 4.78 is 0. The number of hydrogen-bond acceptors (Lipinski definition) is 1. The fourth-order valence-electron chi connectivity index (χ4n) is 2.52. The van der Waals surface area contributed by atoms with Crippen LogP contribution in [0.15, 0.2) is 18.2 Å². The standard InChI is InChI=1S/C13H19N/c1-10-3-2-4-12-6-5-11(7-8-14)9-13(10)12/h2-4,11H,5-9,14H2,1H3. The van der Waals surface area contributed by atoms with Crippen molar-refractivity contribution in [2.45, 2.75) is 32.6 Å². The molecule has 1 aliphatic carbocycles. The number of hydrogen-bond donors (Lipinski definition) is 1. The molecule has 14 heavy (non-hydrogen) atoms. The first-order valence-corrected chi connectivity index (χ1v) is 5.58. The smallest absolute Gasteiger partial charge is 0.00745 e. The maximum Gasteiger partial charge on any atom is -0.00745 e. The molecule has 2 N–H and O–H groups in total. The lowest BCUT2D eigenvalue weighted by atomic mass is 9.80. The van der Waals surface area contributed by atoms with Gasteiger partial charge in [-0.15, -0.1) is 0 Å². The molecule has 0 radical (unpaired) electrons. The molecule has 0 heterocycles. The fourth-order valence-corrected chi connectivity index (χ4v) is 2.52. The first-order valence-electron chi connectivity index (χ1n) is 5.58. The van der Waals surface area contributed by atoms with Crippen molar-refractivity contribution in [3.8, 4) is 0 Å². The summed E-state index contributed by atoms with van der Waals surface area (Å²) in [5.41, 5.74) is 10.2. The lowest BCUT2D eigenvalue weighted by Crippen LogP contribution is -2.18. The van der Waals surface area contributed by atoms with Gasteiger partial charge in [-0.1, -0.05) is 18.2 Å². The summed E-state index contributed by atoms with van der Waals surface area (Å²) in [4.78, 5) is 0. The van der Waals surface area contributed by atoms with E-state index in [0.29, 0.717) is 0 Å². The summed E-state index contributed by atoms with van der Waals surface area (Å²) in [7, 11) is 0. The van der Waals surface area contributed by atoms with Crippen LogP contribution in [0.1, 0.15) is 29.5 Å². The zero-order valence-electron chi connectivity index (χ0n) is 8.92. The molecule has 1 unspecified atom stereocenters. The molecular formula is C13H19N. The number of aryl methyl sites for hydroxylation is 2. The normalized spacial score (nSPS) is 20.6. The van der Waals surface area contributed by atoms with Crippen LogP contribution in [0.3, 0.4) is 0 Å². The largest absolute Gasteiger partial charge is 0.330 e. The minimum Gasteiger partial charge on any atom is -0.330 e. The van der Waals surface area contributed by atoms with Gasteiger partial charge in [0.25, 0.3) is 0 Å². The Labute approximate surface area is 86.3 Å².